The number of thioether (sulfide) groups is 1. The first kappa shape index (κ1) is 19.5. The second-order valence-electron chi connectivity index (χ2n) is 6.25. The number of amides is 1. The lowest BCUT2D eigenvalue weighted by molar-refractivity contribution is -0.120. The van der Waals surface area contributed by atoms with Crippen LogP contribution in [0.2, 0.25) is 5.02 Å². The fraction of sp³-hybridized carbons (Fsp3) is 0.250. The first-order valence-corrected chi connectivity index (χ1v) is 9.86. The van der Waals surface area contributed by atoms with Crippen molar-refractivity contribution in [3.63, 3.8) is 0 Å². The summed E-state index contributed by atoms with van der Waals surface area (Å²) >= 11 is 7.52. The molecule has 0 aliphatic carbocycles. The van der Waals surface area contributed by atoms with Gasteiger partial charge in [-0.25, -0.2) is 0 Å². The van der Waals surface area contributed by atoms with Crippen LogP contribution in [-0.2, 0) is 18.4 Å². The quantitative estimate of drug-likeness (QED) is 0.628. The van der Waals surface area contributed by atoms with Crippen LogP contribution in [0.3, 0.4) is 0 Å². The zero-order valence-corrected chi connectivity index (χ0v) is 17.0. The Hall–Kier alpha value is -2.31. The Morgan fingerprint density at radius 2 is 1.89 bits per heavy atom. The van der Waals surface area contributed by atoms with Crippen molar-refractivity contribution in [2.45, 2.75) is 30.8 Å². The summed E-state index contributed by atoms with van der Waals surface area (Å²) in [6.07, 6.45) is 0. The van der Waals surface area contributed by atoms with Gasteiger partial charge in [-0.3, -0.25) is 4.79 Å². The fourth-order valence-corrected chi connectivity index (χ4v) is 3.70. The molecule has 0 saturated heterocycles. The maximum absolute atomic E-state index is 12.4. The summed E-state index contributed by atoms with van der Waals surface area (Å²) < 4.78 is 1.92. The van der Waals surface area contributed by atoms with Gasteiger partial charge in [0.15, 0.2) is 11.0 Å². The normalized spacial score (nSPS) is 12.0. The first-order chi connectivity index (χ1) is 13.0. The number of nitrogens with one attached hydrogen (secondary N) is 1. The van der Waals surface area contributed by atoms with Crippen LogP contribution >= 0.6 is 23.4 Å². The highest BCUT2D eigenvalue weighted by Crippen LogP contribution is 2.27. The maximum Gasteiger partial charge on any atom is 0.233 e. The van der Waals surface area contributed by atoms with Crippen LogP contribution in [0.5, 0.6) is 0 Å². The van der Waals surface area contributed by atoms with E-state index in [0.29, 0.717) is 16.7 Å². The van der Waals surface area contributed by atoms with E-state index in [1.165, 1.54) is 11.8 Å². The number of aryl methyl sites for hydroxylation is 1. The van der Waals surface area contributed by atoms with Gasteiger partial charge in [0.25, 0.3) is 0 Å². The summed E-state index contributed by atoms with van der Waals surface area (Å²) in [7, 11) is 1.92. The lowest BCUT2D eigenvalue weighted by Crippen LogP contribution is -2.30. The van der Waals surface area contributed by atoms with Crippen LogP contribution in [0.4, 0.5) is 0 Å². The van der Waals surface area contributed by atoms with E-state index in [9.17, 15) is 4.79 Å². The molecule has 140 valence electrons. The monoisotopic (exact) mass is 400 g/mol. The van der Waals surface area contributed by atoms with Crippen LogP contribution < -0.4 is 5.32 Å². The lowest BCUT2D eigenvalue weighted by atomic mass is 10.1. The molecular formula is C20H21ClN4OS. The molecule has 1 N–H and O–H groups in total. The van der Waals surface area contributed by atoms with Crippen molar-refractivity contribution in [3.05, 3.63) is 64.7 Å². The molecule has 27 heavy (non-hydrogen) atoms. The van der Waals surface area contributed by atoms with Crippen LogP contribution in [0, 0.1) is 6.92 Å². The van der Waals surface area contributed by atoms with Gasteiger partial charge >= 0.3 is 0 Å². The van der Waals surface area contributed by atoms with Crippen LogP contribution in [0.15, 0.2) is 53.7 Å². The third-order valence-corrected chi connectivity index (χ3v) is 5.79. The van der Waals surface area contributed by atoms with Crippen molar-refractivity contribution in [2.24, 2.45) is 7.05 Å². The molecule has 2 aromatic carbocycles. The van der Waals surface area contributed by atoms with Crippen molar-refractivity contribution in [2.75, 3.05) is 0 Å². The smallest absolute Gasteiger partial charge is 0.233 e. The van der Waals surface area contributed by atoms with E-state index in [2.05, 4.69) is 15.5 Å². The number of hydrogen-bond donors (Lipinski definition) is 1. The molecule has 0 fully saturated rings. The molecule has 1 aromatic heterocycles. The Bertz CT molecular complexity index is 957. The van der Waals surface area contributed by atoms with Crippen LogP contribution in [0.1, 0.15) is 18.1 Å². The van der Waals surface area contributed by atoms with E-state index in [0.717, 1.165) is 22.5 Å². The highest BCUT2D eigenvalue weighted by molar-refractivity contribution is 8.00. The molecule has 0 spiro atoms. The molecule has 0 radical (unpaired) electrons. The van der Waals surface area contributed by atoms with Gasteiger partial charge in [0.2, 0.25) is 5.91 Å². The lowest BCUT2D eigenvalue weighted by Gasteiger charge is -2.12. The predicted octanol–water partition coefficient (Wildman–Crippen LogP) is 4.24. The standard InChI is InChI=1S/C20H21ClN4OS/c1-13-8-4-6-10-16(13)18-23-24-20(25(18)3)27-14(2)19(26)22-12-15-9-5-7-11-17(15)21/h4-11,14H,12H2,1-3H3,(H,22,26). The van der Waals surface area contributed by atoms with Crippen LogP contribution in [-0.4, -0.2) is 25.9 Å². The SMILES string of the molecule is Cc1ccccc1-c1nnc(SC(C)C(=O)NCc2ccccc2Cl)n1C. The Balaban J connectivity index is 1.66. The largest absolute Gasteiger partial charge is 0.351 e. The van der Waals surface area contributed by atoms with E-state index < -0.39 is 0 Å². The highest BCUT2D eigenvalue weighted by atomic mass is 35.5. The highest BCUT2D eigenvalue weighted by Gasteiger charge is 2.19. The number of aromatic nitrogens is 3. The van der Waals surface area contributed by atoms with Gasteiger partial charge < -0.3 is 9.88 Å². The molecule has 0 bridgehead atoms. The van der Waals surface area contributed by atoms with E-state index >= 15 is 0 Å². The van der Waals surface area contributed by atoms with Crippen molar-refractivity contribution in [3.8, 4) is 11.4 Å². The van der Waals surface area contributed by atoms with Crippen molar-refractivity contribution in [1.29, 1.82) is 0 Å². The van der Waals surface area contributed by atoms with Gasteiger partial charge in [0.1, 0.15) is 0 Å². The molecular weight excluding hydrogens is 380 g/mol. The molecule has 1 amide bonds. The molecule has 0 aliphatic rings. The van der Waals surface area contributed by atoms with E-state index in [1.807, 2.05) is 74.0 Å². The molecule has 5 nitrogen and oxygen atoms in total. The number of carbonyl (C=O) groups excluding carboxylic acids is 1. The van der Waals surface area contributed by atoms with Crippen molar-refractivity contribution >= 4 is 29.3 Å². The number of nitrogens with zero attached hydrogens (tertiary/aromatic N) is 3. The fourth-order valence-electron chi connectivity index (χ4n) is 2.66. The summed E-state index contributed by atoms with van der Waals surface area (Å²) in [5.74, 6) is 0.722. The number of benzene rings is 2. The van der Waals surface area contributed by atoms with E-state index in [1.54, 1.807) is 0 Å². The third-order valence-electron chi connectivity index (χ3n) is 4.28. The van der Waals surface area contributed by atoms with Gasteiger partial charge in [-0.2, -0.15) is 0 Å². The molecule has 3 rings (SSSR count). The Labute approximate surface area is 168 Å². The van der Waals surface area contributed by atoms with Gasteiger partial charge in [-0.1, -0.05) is 65.8 Å². The molecule has 1 heterocycles. The van der Waals surface area contributed by atoms with Gasteiger partial charge in [0, 0.05) is 24.2 Å². The van der Waals surface area contributed by atoms with E-state index in [-0.39, 0.29) is 11.2 Å². The predicted molar refractivity (Wildman–Crippen MR) is 110 cm³/mol. The summed E-state index contributed by atoms with van der Waals surface area (Å²) in [5, 5.41) is 12.5. The number of halogens is 1. The average molecular weight is 401 g/mol. The van der Waals surface area contributed by atoms with Crippen molar-refractivity contribution in [1.82, 2.24) is 20.1 Å². The molecule has 1 unspecified atom stereocenters. The summed E-state index contributed by atoms with van der Waals surface area (Å²) in [5.41, 5.74) is 3.07. The summed E-state index contributed by atoms with van der Waals surface area (Å²) in [4.78, 5) is 12.4. The minimum atomic E-state index is -0.305. The van der Waals surface area contributed by atoms with Crippen molar-refractivity contribution < 1.29 is 4.79 Å². The zero-order valence-electron chi connectivity index (χ0n) is 15.4. The Morgan fingerprint density at radius 1 is 1.19 bits per heavy atom. The molecule has 0 aliphatic heterocycles. The van der Waals surface area contributed by atoms with Gasteiger partial charge in [-0.05, 0) is 31.0 Å². The van der Waals surface area contributed by atoms with Crippen LogP contribution in [0.25, 0.3) is 11.4 Å². The summed E-state index contributed by atoms with van der Waals surface area (Å²) in [6.45, 7) is 4.30. The molecule has 0 saturated carbocycles. The minimum Gasteiger partial charge on any atom is -0.351 e. The number of hydrogen-bond acceptors (Lipinski definition) is 4. The number of rotatable bonds is 6. The summed E-state index contributed by atoms with van der Waals surface area (Å²) in [6, 6.07) is 15.5. The maximum atomic E-state index is 12.4. The minimum absolute atomic E-state index is 0.0691. The molecule has 1 atom stereocenters. The zero-order chi connectivity index (χ0) is 19.4. The van der Waals surface area contributed by atoms with Gasteiger partial charge in [-0.15, -0.1) is 10.2 Å². The number of carbonyl (C=O) groups is 1. The molecule has 7 heteroatoms. The average Bonchev–Trinajstić information content (AvgIpc) is 3.01. The molecule has 3 aromatic rings. The third kappa shape index (κ3) is 4.51. The van der Waals surface area contributed by atoms with Gasteiger partial charge in [0.05, 0.1) is 5.25 Å². The first-order valence-electron chi connectivity index (χ1n) is 8.60. The van der Waals surface area contributed by atoms with E-state index in [4.69, 9.17) is 11.6 Å². The second-order valence-corrected chi connectivity index (χ2v) is 7.96. The second kappa shape index (κ2) is 8.59. The topological polar surface area (TPSA) is 59.8 Å². The Morgan fingerprint density at radius 3 is 2.63 bits per heavy atom. The Kier molecular flexibility index (Phi) is 6.19.